The largest absolute Gasteiger partial charge is 0.323 e. The molecule has 2 rings (SSSR count). The quantitative estimate of drug-likeness (QED) is 0.828. The van der Waals surface area contributed by atoms with E-state index in [-0.39, 0.29) is 28.3 Å². The highest BCUT2D eigenvalue weighted by molar-refractivity contribution is 7.89. The molecule has 8 heteroatoms. The summed E-state index contributed by atoms with van der Waals surface area (Å²) in [6.07, 6.45) is 2.32. The number of benzene rings is 1. The maximum atomic E-state index is 13.8. The number of anilines is 1. The van der Waals surface area contributed by atoms with Crippen molar-refractivity contribution in [2.45, 2.75) is 32.6 Å². The number of unbranched alkanes of at least 4 members (excludes halogenated alkanes) is 1. The molecule has 1 saturated heterocycles. The van der Waals surface area contributed by atoms with E-state index < -0.39 is 15.8 Å². The van der Waals surface area contributed by atoms with Crippen molar-refractivity contribution < 1.29 is 17.6 Å². The Morgan fingerprint density at radius 3 is 2.67 bits per heavy atom. The van der Waals surface area contributed by atoms with Gasteiger partial charge in [0, 0.05) is 19.0 Å². The van der Waals surface area contributed by atoms with E-state index in [1.165, 1.54) is 16.4 Å². The summed E-state index contributed by atoms with van der Waals surface area (Å²) >= 11 is 5.69. The van der Waals surface area contributed by atoms with Gasteiger partial charge in [-0.3, -0.25) is 4.79 Å². The number of carbonyl (C=O) groups excluding carboxylic acids is 1. The second-order valence-corrected chi connectivity index (χ2v) is 8.43. The van der Waals surface area contributed by atoms with E-state index in [1.54, 1.807) is 6.07 Å². The fourth-order valence-corrected chi connectivity index (χ4v) is 4.54. The summed E-state index contributed by atoms with van der Waals surface area (Å²) in [6.45, 7) is 2.59. The highest BCUT2D eigenvalue weighted by Gasteiger charge is 2.31. The number of hydrogen-bond donors (Lipinski definition) is 1. The van der Waals surface area contributed by atoms with Crippen LogP contribution in [0.2, 0.25) is 5.02 Å². The summed E-state index contributed by atoms with van der Waals surface area (Å²) in [5, 5.41) is 2.49. The van der Waals surface area contributed by atoms with Crippen molar-refractivity contribution in [3.8, 4) is 0 Å². The standard InChI is InChI=1S/C16H22ClFN2O3S/c1-2-3-11-24(22,23)20-9-7-12(8-10-20)16(21)19-14-6-4-5-13(17)15(14)18/h4-6,12H,2-3,7-11H2,1H3,(H,19,21). The lowest BCUT2D eigenvalue weighted by Gasteiger charge is -2.30. The van der Waals surface area contributed by atoms with Crippen LogP contribution in [0.5, 0.6) is 0 Å². The molecule has 1 N–H and O–H groups in total. The number of sulfonamides is 1. The van der Waals surface area contributed by atoms with E-state index in [4.69, 9.17) is 11.6 Å². The molecule has 24 heavy (non-hydrogen) atoms. The molecule has 0 spiro atoms. The Labute approximate surface area is 147 Å². The molecule has 0 radical (unpaired) electrons. The molecule has 0 bridgehead atoms. The molecule has 1 aromatic carbocycles. The molecule has 0 aromatic heterocycles. The first-order valence-electron chi connectivity index (χ1n) is 8.08. The van der Waals surface area contributed by atoms with Gasteiger partial charge in [-0.2, -0.15) is 0 Å². The highest BCUT2D eigenvalue weighted by atomic mass is 35.5. The molecule has 1 aromatic rings. The van der Waals surface area contributed by atoms with Crippen LogP contribution in [0, 0.1) is 11.7 Å². The van der Waals surface area contributed by atoms with Gasteiger partial charge in [0.05, 0.1) is 16.5 Å². The molecule has 134 valence electrons. The molecule has 0 saturated carbocycles. The Balaban J connectivity index is 1.92. The summed E-state index contributed by atoms with van der Waals surface area (Å²) in [4.78, 5) is 12.3. The van der Waals surface area contributed by atoms with Gasteiger partial charge in [-0.25, -0.2) is 17.1 Å². The highest BCUT2D eigenvalue weighted by Crippen LogP contribution is 2.25. The zero-order valence-electron chi connectivity index (χ0n) is 13.6. The van der Waals surface area contributed by atoms with Crippen molar-refractivity contribution in [3.05, 3.63) is 29.0 Å². The Bertz CT molecular complexity index is 689. The third-order valence-corrected chi connectivity index (χ3v) is 6.43. The van der Waals surface area contributed by atoms with E-state index in [9.17, 15) is 17.6 Å². The topological polar surface area (TPSA) is 66.5 Å². The van der Waals surface area contributed by atoms with Gasteiger partial charge in [-0.05, 0) is 31.4 Å². The molecule has 0 aliphatic carbocycles. The van der Waals surface area contributed by atoms with E-state index in [1.807, 2.05) is 6.92 Å². The molecule has 1 aliphatic rings. The third kappa shape index (κ3) is 4.68. The number of rotatable bonds is 6. The molecule has 1 fully saturated rings. The lowest BCUT2D eigenvalue weighted by molar-refractivity contribution is -0.120. The minimum atomic E-state index is -3.24. The molecule has 1 heterocycles. The first-order valence-corrected chi connectivity index (χ1v) is 10.1. The lowest BCUT2D eigenvalue weighted by Crippen LogP contribution is -2.42. The van der Waals surface area contributed by atoms with Crippen molar-refractivity contribution in [1.82, 2.24) is 4.31 Å². The summed E-state index contributed by atoms with van der Waals surface area (Å²) in [7, 11) is -3.24. The molecular formula is C16H22ClFN2O3S. The average molecular weight is 377 g/mol. The van der Waals surface area contributed by atoms with Crippen molar-refractivity contribution in [2.24, 2.45) is 5.92 Å². The van der Waals surface area contributed by atoms with Crippen molar-refractivity contribution in [1.29, 1.82) is 0 Å². The number of nitrogens with zero attached hydrogens (tertiary/aromatic N) is 1. The second-order valence-electron chi connectivity index (χ2n) is 5.93. The van der Waals surface area contributed by atoms with Crippen molar-refractivity contribution in [3.63, 3.8) is 0 Å². The van der Waals surface area contributed by atoms with E-state index in [2.05, 4.69) is 5.32 Å². The van der Waals surface area contributed by atoms with Crippen LogP contribution in [0.25, 0.3) is 0 Å². The van der Waals surface area contributed by atoms with Crippen LogP contribution < -0.4 is 5.32 Å². The number of amides is 1. The average Bonchev–Trinajstić information content (AvgIpc) is 2.57. The number of piperidine rings is 1. The zero-order chi connectivity index (χ0) is 17.7. The molecule has 0 atom stereocenters. The maximum absolute atomic E-state index is 13.8. The van der Waals surface area contributed by atoms with Crippen molar-refractivity contribution in [2.75, 3.05) is 24.2 Å². The Morgan fingerprint density at radius 2 is 2.04 bits per heavy atom. The third-order valence-electron chi connectivity index (χ3n) is 4.18. The Kier molecular flexibility index (Phi) is 6.60. The van der Waals surface area contributed by atoms with Crippen LogP contribution in [-0.4, -0.2) is 37.5 Å². The van der Waals surface area contributed by atoms with Crippen LogP contribution in [0.3, 0.4) is 0 Å². The summed E-state index contributed by atoms with van der Waals surface area (Å²) in [5.74, 6) is -1.15. The van der Waals surface area contributed by atoms with Crippen LogP contribution in [0.15, 0.2) is 18.2 Å². The summed E-state index contributed by atoms with van der Waals surface area (Å²) < 4.78 is 39.6. The van der Waals surface area contributed by atoms with Gasteiger partial charge in [0.15, 0.2) is 5.82 Å². The first-order chi connectivity index (χ1) is 11.3. The Morgan fingerprint density at radius 1 is 1.38 bits per heavy atom. The Hall–Kier alpha value is -1.18. The number of halogens is 2. The summed E-state index contributed by atoms with van der Waals surface area (Å²) in [6, 6.07) is 4.42. The summed E-state index contributed by atoms with van der Waals surface area (Å²) in [5.41, 5.74) is 0.0468. The SMILES string of the molecule is CCCCS(=O)(=O)N1CCC(C(=O)Nc2cccc(Cl)c2F)CC1. The lowest BCUT2D eigenvalue weighted by atomic mass is 9.97. The van der Waals surface area contributed by atoms with E-state index in [0.717, 1.165) is 6.42 Å². The fourth-order valence-electron chi connectivity index (χ4n) is 2.69. The normalized spacial score (nSPS) is 17.0. The molecule has 5 nitrogen and oxygen atoms in total. The predicted octanol–water partition coefficient (Wildman–Crippen LogP) is 3.26. The van der Waals surface area contributed by atoms with Gasteiger partial charge in [-0.15, -0.1) is 0 Å². The maximum Gasteiger partial charge on any atom is 0.227 e. The molecule has 0 unspecified atom stereocenters. The smallest absolute Gasteiger partial charge is 0.227 e. The van der Waals surface area contributed by atoms with Gasteiger partial charge in [0.25, 0.3) is 0 Å². The number of nitrogens with one attached hydrogen (secondary N) is 1. The van der Waals surface area contributed by atoms with Crippen LogP contribution in [-0.2, 0) is 14.8 Å². The van der Waals surface area contributed by atoms with E-state index in [0.29, 0.717) is 32.4 Å². The fraction of sp³-hybridized carbons (Fsp3) is 0.562. The van der Waals surface area contributed by atoms with Crippen molar-refractivity contribution >= 4 is 33.2 Å². The van der Waals surface area contributed by atoms with Gasteiger partial charge < -0.3 is 5.32 Å². The molecule has 1 aliphatic heterocycles. The van der Waals surface area contributed by atoms with Crippen LogP contribution >= 0.6 is 11.6 Å². The number of hydrogen-bond acceptors (Lipinski definition) is 3. The zero-order valence-corrected chi connectivity index (χ0v) is 15.2. The van der Waals surface area contributed by atoms with Gasteiger partial charge in [0.1, 0.15) is 0 Å². The van der Waals surface area contributed by atoms with Crippen LogP contribution in [0.4, 0.5) is 10.1 Å². The predicted molar refractivity (Wildman–Crippen MR) is 93.0 cm³/mol. The minimum absolute atomic E-state index is 0.0468. The second kappa shape index (κ2) is 8.27. The minimum Gasteiger partial charge on any atom is -0.323 e. The van der Waals surface area contributed by atoms with E-state index >= 15 is 0 Å². The molecular weight excluding hydrogens is 355 g/mol. The monoisotopic (exact) mass is 376 g/mol. The van der Waals surface area contributed by atoms with Gasteiger partial charge >= 0.3 is 0 Å². The molecule has 1 amide bonds. The van der Waals surface area contributed by atoms with Gasteiger partial charge in [0.2, 0.25) is 15.9 Å². The van der Waals surface area contributed by atoms with Crippen LogP contribution in [0.1, 0.15) is 32.6 Å². The first kappa shape index (κ1) is 19.1. The number of carbonyl (C=O) groups is 1. The van der Waals surface area contributed by atoms with Gasteiger partial charge in [-0.1, -0.05) is 31.0 Å².